The van der Waals surface area contributed by atoms with Gasteiger partial charge in [-0.05, 0) is 18.2 Å². The van der Waals surface area contributed by atoms with Crippen LogP contribution in [0.15, 0.2) is 24.4 Å². The molecule has 2 rings (SSSR count). The van der Waals surface area contributed by atoms with Gasteiger partial charge in [0, 0.05) is 11.6 Å². The van der Waals surface area contributed by atoms with Crippen LogP contribution in [0.2, 0.25) is 0 Å². The molecule has 1 heterocycles. The molecule has 0 bridgehead atoms. The number of anilines is 1. The molecule has 1 aromatic heterocycles. The Kier molecular flexibility index (Phi) is 1.48. The van der Waals surface area contributed by atoms with Crippen LogP contribution in [0.1, 0.15) is 10.4 Å². The number of H-pyrrole nitrogens is 1. The van der Waals surface area contributed by atoms with E-state index in [-0.39, 0.29) is 5.56 Å². The summed E-state index contributed by atoms with van der Waals surface area (Å²) in [5.41, 5.74) is 7.10. The number of hydrogen-bond donors (Lipinski definition) is 3. The second kappa shape index (κ2) is 2.52. The number of rotatable bonds is 1. The van der Waals surface area contributed by atoms with Gasteiger partial charge in [0.2, 0.25) is 0 Å². The van der Waals surface area contributed by atoms with E-state index in [1.54, 1.807) is 18.3 Å². The molecule has 0 aliphatic carbocycles. The minimum absolute atomic E-state index is 0.213. The Morgan fingerprint density at radius 2 is 2.23 bits per heavy atom. The smallest absolute Gasteiger partial charge is 0.335 e. The molecule has 4 nitrogen and oxygen atoms in total. The van der Waals surface area contributed by atoms with Crippen LogP contribution in [-0.4, -0.2) is 16.1 Å². The lowest BCUT2D eigenvalue weighted by atomic mass is 10.1. The monoisotopic (exact) mass is 176 g/mol. The van der Waals surface area contributed by atoms with Crippen molar-refractivity contribution in [2.45, 2.75) is 0 Å². The van der Waals surface area contributed by atoms with Crippen molar-refractivity contribution < 1.29 is 9.90 Å². The van der Waals surface area contributed by atoms with Crippen LogP contribution in [0.25, 0.3) is 10.9 Å². The number of carboxylic acids is 1. The minimum atomic E-state index is -0.963. The average molecular weight is 176 g/mol. The molecule has 4 heteroatoms. The number of nitrogen functional groups attached to an aromatic ring is 1. The topological polar surface area (TPSA) is 79.1 Å². The molecule has 66 valence electrons. The fraction of sp³-hybridized carbons (Fsp3) is 0. The van der Waals surface area contributed by atoms with Crippen molar-refractivity contribution in [2.75, 3.05) is 5.73 Å². The summed E-state index contributed by atoms with van der Waals surface area (Å²) >= 11 is 0. The van der Waals surface area contributed by atoms with E-state index >= 15 is 0 Å². The van der Waals surface area contributed by atoms with Gasteiger partial charge in [0.25, 0.3) is 0 Å². The second-order valence-electron chi connectivity index (χ2n) is 2.81. The summed E-state index contributed by atoms with van der Waals surface area (Å²) in [6.45, 7) is 0. The van der Waals surface area contributed by atoms with E-state index < -0.39 is 5.97 Å². The van der Waals surface area contributed by atoms with Gasteiger partial charge in [-0.2, -0.15) is 0 Å². The van der Waals surface area contributed by atoms with E-state index in [2.05, 4.69) is 4.98 Å². The standard InChI is InChI=1S/C9H8N2O2/c10-7-4-6(9(12)13)3-5-1-2-11-8(5)7/h1-4,11H,10H2,(H,12,13). The third-order valence-corrected chi connectivity index (χ3v) is 1.94. The summed E-state index contributed by atoms with van der Waals surface area (Å²) in [6.07, 6.45) is 1.73. The SMILES string of the molecule is Nc1cc(C(=O)O)cc2cc[nH]c12. The van der Waals surface area contributed by atoms with E-state index in [0.717, 1.165) is 10.9 Å². The maximum atomic E-state index is 10.7. The number of aromatic amines is 1. The molecule has 0 aliphatic heterocycles. The van der Waals surface area contributed by atoms with E-state index in [1.807, 2.05) is 0 Å². The third-order valence-electron chi connectivity index (χ3n) is 1.94. The Hall–Kier alpha value is -1.97. The zero-order valence-electron chi connectivity index (χ0n) is 6.74. The summed E-state index contributed by atoms with van der Waals surface area (Å²) in [5, 5.41) is 9.56. The van der Waals surface area contributed by atoms with Crippen molar-refractivity contribution in [1.29, 1.82) is 0 Å². The molecule has 0 spiro atoms. The molecule has 0 fully saturated rings. The number of carbonyl (C=O) groups is 1. The number of nitrogens with two attached hydrogens (primary N) is 1. The van der Waals surface area contributed by atoms with Crippen molar-refractivity contribution in [3.63, 3.8) is 0 Å². The fourth-order valence-electron chi connectivity index (χ4n) is 1.32. The number of fused-ring (bicyclic) bond motifs is 1. The van der Waals surface area contributed by atoms with Gasteiger partial charge in [-0.25, -0.2) is 4.79 Å². The average Bonchev–Trinajstić information content (AvgIpc) is 2.51. The van der Waals surface area contributed by atoms with Gasteiger partial charge < -0.3 is 15.8 Å². The van der Waals surface area contributed by atoms with E-state index in [0.29, 0.717) is 5.69 Å². The van der Waals surface area contributed by atoms with Crippen molar-refractivity contribution >= 4 is 22.6 Å². The molecule has 4 N–H and O–H groups in total. The van der Waals surface area contributed by atoms with E-state index in [9.17, 15) is 4.79 Å². The first-order valence-electron chi connectivity index (χ1n) is 3.78. The van der Waals surface area contributed by atoms with E-state index in [4.69, 9.17) is 10.8 Å². The van der Waals surface area contributed by atoms with Crippen LogP contribution in [0.3, 0.4) is 0 Å². The fourth-order valence-corrected chi connectivity index (χ4v) is 1.32. The summed E-state index contributed by atoms with van der Waals surface area (Å²) in [5.74, 6) is -0.963. The van der Waals surface area contributed by atoms with Crippen LogP contribution < -0.4 is 5.73 Å². The largest absolute Gasteiger partial charge is 0.478 e. The quantitative estimate of drug-likeness (QED) is 0.575. The van der Waals surface area contributed by atoms with Crippen LogP contribution >= 0.6 is 0 Å². The van der Waals surface area contributed by atoms with Crippen LogP contribution in [0.4, 0.5) is 5.69 Å². The molecule has 0 radical (unpaired) electrons. The highest BCUT2D eigenvalue weighted by Crippen LogP contribution is 2.21. The van der Waals surface area contributed by atoms with Crippen LogP contribution in [0.5, 0.6) is 0 Å². The van der Waals surface area contributed by atoms with Gasteiger partial charge in [-0.3, -0.25) is 0 Å². The first-order valence-corrected chi connectivity index (χ1v) is 3.78. The Labute approximate surface area is 74.0 Å². The second-order valence-corrected chi connectivity index (χ2v) is 2.81. The normalized spacial score (nSPS) is 10.5. The summed E-state index contributed by atoms with van der Waals surface area (Å²) < 4.78 is 0. The van der Waals surface area contributed by atoms with Crippen molar-refractivity contribution in [1.82, 2.24) is 4.98 Å². The van der Waals surface area contributed by atoms with Gasteiger partial charge in [0.05, 0.1) is 16.8 Å². The Balaban J connectivity index is 2.77. The van der Waals surface area contributed by atoms with Crippen molar-refractivity contribution in [3.8, 4) is 0 Å². The summed E-state index contributed by atoms with van der Waals surface area (Å²) in [7, 11) is 0. The maximum absolute atomic E-state index is 10.7. The minimum Gasteiger partial charge on any atom is -0.478 e. The maximum Gasteiger partial charge on any atom is 0.335 e. The highest BCUT2D eigenvalue weighted by atomic mass is 16.4. The molecule has 0 unspecified atom stereocenters. The molecule has 0 atom stereocenters. The zero-order chi connectivity index (χ0) is 9.42. The molecule has 1 aromatic carbocycles. The number of aromatic carboxylic acids is 1. The number of benzene rings is 1. The van der Waals surface area contributed by atoms with Gasteiger partial charge in [-0.1, -0.05) is 0 Å². The van der Waals surface area contributed by atoms with Gasteiger partial charge in [0.1, 0.15) is 0 Å². The Bertz CT molecular complexity index is 473. The molecule has 13 heavy (non-hydrogen) atoms. The van der Waals surface area contributed by atoms with Crippen molar-refractivity contribution in [3.05, 3.63) is 30.0 Å². The van der Waals surface area contributed by atoms with Crippen molar-refractivity contribution in [2.24, 2.45) is 0 Å². The molecule has 0 saturated carbocycles. The van der Waals surface area contributed by atoms with Gasteiger partial charge in [-0.15, -0.1) is 0 Å². The summed E-state index contributed by atoms with van der Waals surface area (Å²) in [6, 6.07) is 4.82. The lowest BCUT2D eigenvalue weighted by Gasteiger charge is -1.99. The molecule has 0 amide bonds. The first kappa shape index (κ1) is 7.67. The molecule has 0 aliphatic rings. The Morgan fingerprint density at radius 3 is 2.92 bits per heavy atom. The highest BCUT2D eigenvalue weighted by Gasteiger charge is 2.06. The number of hydrogen-bond acceptors (Lipinski definition) is 2. The van der Waals surface area contributed by atoms with Crippen LogP contribution in [-0.2, 0) is 0 Å². The first-order chi connectivity index (χ1) is 6.18. The lowest BCUT2D eigenvalue weighted by Crippen LogP contribution is -1.98. The summed E-state index contributed by atoms with van der Waals surface area (Å²) in [4.78, 5) is 13.6. The third kappa shape index (κ3) is 1.12. The lowest BCUT2D eigenvalue weighted by molar-refractivity contribution is 0.0697. The highest BCUT2D eigenvalue weighted by molar-refractivity contribution is 5.98. The number of carboxylic acid groups (broad SMARTS) is 1. The van der Waals surface area contributed by atoms with Crippen LogP contribution in [0, 0.1) is 0 Å². The molecule has 0 saturated heterocycles. The molecular formula is C9H8N2O2. The molecular weight excluding hydrogens is 168 g/mol. The number of nitrogens with one attached hydrogen (secondary N) is 1. The van der Waals surface area contributed by atoms with E-state index in [1.165, 1.54) is 6.07 Å². The van der Waals surface area contributed by atoms with Gasteiger partial charge in [0.15, 0.2) is 0 Å². The Morgan fingerprint density at radius 1 is 1.46 bits per heavy atom. The molecule has 2 aromatic rings. The van der Waals surface area contributed by atoms with Gasteiger partial charge >= 0.3 is 5.97 Å². The zero-order valence-corrected chi connectivity index (χ0v) is 6.74. The predicted octanol–water partition coefficient (Wildman–Crippen LogP) is 1.45. The number of aromatic nitrogens is 1. The predicted molar refractivity (Wildman–Crippen MR) is 49.7 cm³/mol.